The Balaban J connectivity index is 2.08. The molecule has 0 saturated carbocycles. The summed E-state index contributed by atoms with van der Waals surface area (Å²) < 4.78 is 28.7. The molecule has 7 nitrogen and oxygen atoms in total. The fourth-order valence-electron chi connectivity index (χ4n) is 3.91. The molecule has 196 valence electrons. The van der Waals surface area contributed by atoms with Gasteiger partial charge in [-0.05, 0) is 54.8 Å². The van der Waals surface area contributed by atoms with Crippen LogP contribution >= 0.6 is 23.2 Å². The number of aryl methyl sites for hydroxylation is 1. The topological polar surface area (TPSA) is 86.8 Å². The zero-order valence-corrected chi connectivity index (χ0v) is 23.1. The fraction of sp³-hybridized carbons (Fsp3) is 0.259. The summed E-state index contributed by atoms with van der Waals surface area (Å²) >= 11 is 12.4. The maximum atomic E-state index is 13.8. The number of benzene rings is 3. The highest BCUT2D eigenvalue weighted by molar-refractivity contribution is 7.92. The van der Waals surface area contributed by atoms with E-state index in [0.717, 1.165) is 9.87 Å². The van der Waals surface area contributed by atoms with E-state index in [1.54, 1.807) is 55.5 Å². The van der Waals surface area contributed by atoms with Gasteiger partial charge in [0.2, 0.25) is 11.8 Å². The summed E-state index contributed by atoms with van der Waals surface area (Å²) in [6, 6.07) is 19.0. The van der Waals surface area contributed by atoms with E-state index in [1.807, 2.05) is 19.1 Å². The van der Waals surface area contributed by atoms with Crippen LogP contribution in [0.1, 0.15) is 25.0 Å². The normalized spacial score (nSPS) is 12.0. The molecule has 3 aromatic carbocycles. The molecule has 37 heavy (non-hydrogen) atoms. The Morgan fingerprint density at radius 1 is 0.946 bits per heavy atom. The molecule has 3 aromatic rings. The van der Waals surface area contributed by atoms with Gasteiger partial charge in [-0.15, -0.1) is 0 Å². The number of nitrogens with one attached hydrogen (secondary N) is 1. The van der Waals surface area contributed by atoms with Crippen molar-refractivity contribution in [3.05, 3.63) is 94.0 Å². The van der Waals surface area contributed by atoms with E-state index in [-0.39, 0.29) is 11.4 Å². The molecule has 0 spiro atoms. The largest absolute Gasteiger partial charge is 0.357 e. The highest BCUT2D eigenvalue weighted by Gasteiger charge is 2.33. The molecule has 0 aliphatic heterocycles. The molecule has 0 saturated heterocycles. The minimum atomic E-state index is -4.11. The van der Waals surface area contributed by atoms with Gasteiger partial charge in [-0.3, -0.25) is 13.9 Å². The standard InChI is InChI=1S/C27H29Cl2N3O4S/c1-4-20-10-8-9-13-25(20)32(37(35,36)23-11-6-5-7-12-23)18-26(33)31(19(2)27(34)30-3)17-21-14-15-22(28)16-24(21)29/h5-16,19H,4,17-18H2,1-3H3,(H,30,34). The first-order valence-corrected chi connectivity index (χ1v) is 13.9. The van der Waals surface area contributed by atoms with Crippen LogP contribution in [0, 0.1) is 0 Å². The van der Waals surface area contributed by atoms with Crippen molar-refractivity contribution in [2.45, 2.75) is 37.8 Å². The van der Waals surface area contributed by atoms with Crippen molar-refractivity contribution in [3.8, 4) is 0 Å². The molecular formula is C27H29Cl2N3O4S. The number of carbonyl (C=O) groups excluding carboxylic acids is 2. The molecule has 0 bridgehead atoms. The molecule has 0 aliphatic rings. The first kappa shape index (κ1) is 28.5. The average molecular weight is 563 g/mol. The number of likely N-dealkylation sites (N-methyl/N-ethyl adjacent to an activating group) is 1. The summed E-state index contributed by atoms with van der Waals surface area (Å²) in [5.74, 6) is -0.961. The minimum Gasteiger partial charge on any atom is -0.357 e. The highest BCUT2D eigenvalue weighted by Crippen LogP contribution is 2.29. The van der Waals surface area contributed by atoms with Crippen molar-refractivity contribution in [1.29, 1.82) is 0 Å². The third-order valence-corrected chi connectivity index (χ3v) is 8.38. The Morgan fingerprint density at radius 3 is 2.22 bits per heavy atom. The zero-order valence-electron chi connectivity index (χ0n) is 20.8. The van der Waals surface area contributed by atoms with Crippen molar-refractivity contribution in [3.63, 3.8) is 0 Å². The highest BCUT2D eigenvalue weighted by atomic mass is 35.5. The van der Waals surface area contributed by atoms with E-state index in [9.17, 15) is 18.0 Å². The van der Waals surface area contributed by atoms with Gasteiger partial charge in [0.15, 0.2) is 0 Å². The van der Waals surface area contributed by atoms with Gasteiger partial charge in [0.25, 0.3) is 10.0 Å². The monoisotopic (exact) mass is 561 g/mol. The Bertz CT molecular complexity index is 1370. The number of halogens is 2. The van der Waals surface area contributed by atoms with Crippen LogP contribution in [0.3, 0.4) is 0 Å². The summed E-state index contributed by atoms with van der Waals surface area (Å²) in [6.07, 6.45) is 0.559. The lowest BCUT2D eigenvalue weighted by Crippen LogP contribution is -2.50. The Kier molecular flexibility index (Phi) is 9.59. The number of hydrogen-bond acceptors (Lipinski definition) is 4. The Morgan fingerprint density at radius 2 is 1.59 bits per heavy atom. The molecular weight excluding hydrogens is 533 g/mol. The minimum absolute atomic E-state index is 0.0158. The number of sulfonamides is 1. The third kappa shape index (κ3) is 6.63. The number of carbonyl (C=O) groups is 2. The quantitative estimate of drug-likeness (QED) is 0.380. The zero-order chi connectivity index (χ0) is 27.2. The number of amides is 2. The van der Waals surface area contributed by atoms with Gasteiger partial charge in [0, 0.05) is 23.6 Å². The van der Waals surface area contributed by atoms with E-state index in [4.69, 9.17) is 23.2 Å². The molecule has 3 rings (SSSR count). The van der Waals surface area contributed by atoms with Gasteiger partial charge < -0.3 is 10.2 Å². The molecule has 1 N–H and O–H groups in total. The van der Waals surface area contributed by atoms with Crippen LogP contribution in [0.15, 0.2) is 77.7 Å². The summed E-state index contributed by atoms with van der Waals surface area (Å²) in [7, 11) is -2.64. The van der Waals surface area contributed by atoms with Gasteiger partial charge in [-0.25, -0.2) is 8.42 Å². The number of rotatable bonds is 10. The molecule has 0 aliphatic carbocycles. The molecule has 10 heteroatoms. The predicted octanol–water partition coefficient (Wildman–Crippen LogP) is 4.91. The maximum absolute atomic E-state index is 13.8. The predicted molar refractivity (Wildman–Crippen MR) is 147 cm³/mol. The Labute approximate surface area is 228 Å². The summed E-state index contributed by atoms with van der Waals surface area (Å²) in [6.45, 7) is 2.96. The molecule has 1 atom stereocenters. The van der Waals surface area contributed by atoms with Gasteiger partial charge in [-0.2, -0.15) is 0 Å². The van der Waals surface area contributed by atoms with E-state index in [2.05, 4.69) is 5.32 Å². The smallest absolute Gasteiger partial charge is 0.264 e. The van der Waals surface area contributed by atoms with E-state index in [1.165, 1.54) is 24.1 Å². The second-order valence-corrected chi connectivity index (χ2v) is 11.1. The molecule has 0 aromatic heterocycles. The Hall–Kier alpha value is -3.07. The molecule has 0 radical (unpaired) electrons. The SMILES string of the molecule is CCc1ccccc1N(CC(=O)N(Cc1ccc(Cl)cc1Cl)C(C)C(=O)NC)S(=O)(=O)c1ccccc1. The first-order valence-electron chi connectivity index (χ1n) is 11.7. The first-order chi connectivity index (χ1) is 17.6. The summed E-state index contributed by atoms with van der Waals surface area (Å²) in [4.78, 5) is 27.8. The van der Waals surface area contributed by atoms with Crippen LogP contribution in [0.5, 0.6) is 0 Å². The summed E-state index contributed by atoms with van der Waals surface area (Å²) in [5, 5.41) is 3.32. The van der Waals surface area contributed by atoms with E-state index >= 15 is 0 Å². The van der Waals surface area contributed by atoms with Crippen LogP contribution in [0.4, 0.5) is 5.69 Å². The number of hydrogen-bond donors (Lipinski definition) is 1. The number of nitrogens with zero attached hydrogens (tertiary/aromatic N) is 2. The van der Waals surface area contributed by atoms with Crippen molar-refractivity contribution in [2.24, 2.45) is 0 Å². The lowest BCUT2D eigenvalue weighted by molar-refractivity contribution is -0.139. The van der Waals surface area contributed by atoms with Crippen LogP contribution in [-0.2, 0) is 32.6 Å². The van der Waals surface area contributed by atoms with Crippen molar-refractivity contribution in [2.75, 3.05) is 17.9 Å². The van der Waals surface area contributed by atoms with Gasteiger partial charge in [0.1, 0.15) is 12.6 Å². The van der Waals surface area contributed by atoms with Gasteiger partial charge >= 0.3 is 0 Å². The number of para-hydroxylation sites is 1. The average Bonchev–Trinajstić information content (AvgIpc) is 2.90. The lowest BCUT2D eigenvalue weighted by Gasteiger charge is -2.32. The summed E-state index contributed by atoms with van der Waals surface area (Å²) in [5.41, 5.74) is 1.74. The molecule has 2 amide bonds. The molecule has 0 heterocycles. The van der Waals surface area contributed by atoms with E-state index in [0.29, 0.717) is 27.7 Å². The van der Waals surface area contributed by atoms with Gasteiger partial charge in [0.05, 0.1) is 10.6 Å². The fourth-order valence-corrected chi connectivity index (χ4v) is 5.85. The maximum Gasteiger partial charge on any atom is 0.264 e. The second kappa shape index (κ2) is 12.4. The van der Waals surface area contributed by atoms with Crippen molar-refractivity contribution < 1.29 is 18.0 Å². The van der Waals surface area contributed by atoms with Crippen LogP contribution in [0.25, 0.3) is 0 Å². The molecule has 1 unspecified atom stereocenters. The van der Waals surface area contributed by atoms with Crippen molar-refractivity contribution >= 4 is 50.7 Å². The van der Waals surface area contributed by atoms with Crippen LogP contribution in [0.2, 0.25) is 10.0 Å². The second-order valence-electron chi connectivity index (χ2n) is 8.35. The van der Waals surface area contributed by atoms with Crippen molar-refractivity contribution in [1.82, 2.24) is 10.2 Å². The van der Waals surface area contributed by atoms with Crippen LogP contribution in [-0.4, -0.2) is 44.8 Å². The lowest BCUT2D eigenvalue weighted by atomic mass is 10.1. The number of anilines is 1. The molecule has 0 fully saturated rings. The van der Waals surface area contributed by atoms with E-state index < -0.39 is 34.4 Å². The van der Waals surface area contributed by atoms with Crippen LogP contribution < -0.4 is 9.62 Å². The van der Waals surface area contributed by atoms with Gasteiger partial charge in [-0.1, -0.05) is 72.6 Å². The third-order valence-electron chi connectivity index (χ3n) is 6.02.